The van der Waals surface area contributed by atoms with E-state index in [1.165, 1.54) is 43.5 Å². The van der Waals surface area contributed by atoms with Gasteiger partial charge >= 0.3 is 5.97 Å². The Hall–Kier alpha value is -3.46. The highest BCUT2D eigenvalue weighted by Gasteiger charge is 2.21. The number of sulfonamides is 2. The molecular formula is C21H18BrN3O8S2. The zero-order chi connectivity index (χ0) is 25.8. The third kappa shape index (κ3) is 6.36. The molecule has 3 aromatic rings. The number of amides is 1. The number of benzene rings is 3. The summed E-state index contributed by atoms with van der Waals surface area (Å²) in [4.78, 5) is 24.9. The molecular weight excluding hydrogens is 566 g/mol. The number of aromatic carboxylic acids is 1. The Labute approximate surface area is 209 Å². The number of halogens is 1. The molecule has 0 aromatic heterocycles. The van der Waals surface area contributed by atoms with E-state index >= 15 is 0 Å². The number of carbonyl (C=O) groups is 2. The van der Waals surface area contributed by atoms with Crippen LogP contribution in [0.1, 0.15) is 20.7 Å². The van der Waals surface area contributed by atoms with Crippen LogP contribution in [0.25, 0.3) is 0 Å². The monoisotopic (exact) mass is 583 g/mol. The molecule has 0 aliphatic rings. The molecule has 3 aromatic carbocycles. The normalized spacial score (nSPS) is 11.5. The first-order chi connectivity index (χ1) is 16.4. The zero-order valence-electron chi connectivity index (χ0n) is 17.9. The van der Waals surface area contributed by atoms with Crippen LogP contribution in [0.2, 0.25) is 0 Å². The van der Waals surface area contributed by atoms with Crippen LogP contribution in [0, 0.1) is 0 Å². The van der Waals surface area contributed by atoms with Gasteiger partial charge in [-0.3, -0.25) is 14.9 Å². The summed E-state index contributed by atoms with van der Waals surface area (Å²) in [6, 6.07) is 14.4. The highest BCUT2D eigenvalue weighted by Crippen LogP contribution is 2.22. The molecule has 3 rings (SSSR count). The van der Waals surface area contributed by atoms with E-state index < -0.39 is 36.8 Å². The Bertz CT molecular complexity index is 1490. The van der Waals surface area contributed by atoms with E-state index in [1.807, 2.05) is 10.3 Å². The van der Waals surface area contributed by atoms with Crippen LogP contribution >= 0.6 is 15.9 Å². The molecule has 4 N–H and O–H groups in total. The predicted molar refractivity (Wildman–Crippen MR) is 129 cm³/mol. The van der Waals surface area contributed by atoms with Gasteiger partial charge in [-0.2, -0.15) is 0 Å². The Morgan fingerprint density at radius 1 is 0.886 bits per heavy atom. The summed E-state index contributed by atoms with van der Waals surface area (Å²) in [7, 11) is -6.92. The lowest BCUT2D eigenvalue weighted by molar-refractivity contribution is 0.0695. The van der Waals surface area contributed by atoms with Gasteiger partial charge in [0.15, 0.2) is 0 Å². The Kier molecular flexibility index (Phi) is 7.80. The molecule has 0 saturated carbocycles. The summed E-state index contributed by atoms with van der Waals surface area (Å²) < 4.78 is 58.0. The lowest BCUT2D eigenvalue weighted by Crippen LogP contribution is -2.41. The van der Waals surface area contributed by atoms with Crippen LogP contribution in [-0.2, 0) is 20.0 Å². The molecule has 184 valence electrons. The van der Waals surface area contributed by atoms with Crippen LogP contribution in [0.3, 0.4) is 0 Å². The number of rotatable bonds is 9. The van der Waals surface area contributed by atoms with Crippen LogP contribution in [0.5, 0.6) is 5.75 Å². The van der Waals surface area contributed by atoms with Crippen molar-refractivity contribution in [3.05, 3.63) is 82.3 Å². The summed E-state index contributed by atoms with van der Waals surface area (Å²) in [6.07, 6.45) is 0. The van der Waals surface area contributed by atoms with E-state index in [0.717, 1.165) is 18.2 Å². The maximum absolute atomic E-state index is 12.7. The molecule has 14 heteroatoms. The van der Waals surface area contributed by atoms with Crippen LogP contribution in [0.15, 0.2) is 81.0 Å². The average molecular weight is 584 g/mol. The molecule has 0 bridgehead atoms. The number of ether oxygens (including phenoxy) is 1. The maximum Gasteiger partial charge on any atom is 0.336 e. The second kappa shape index (κ2) is 10.4. The number of carboxylic acids is 1. The number of carbonyl (C=O) groups excluding carboxylic acids is 1. The molecule has 0 aliphatic heterocycles. The predicted octanol–water partition coefficient (Wildman–Crippen LogP) is 2.58. The fraction of sp³-hybridized carbons (Fsp3) is 0.0476. The first-order valence-electron chi connectivity index (χ1n) is 9.55. The van der Waals surface area contributed by atoms with Crippen molar-refractivity contribution in [1.29, 1.82) is 0 Å². The molecule has 0 aliphatic carbocycles. The molecule has 0 heterocycles. The number of nitrogens with one attached hydrogen (secondary N) is 3. The van der Waals surface area contributed by atoms with E-state index in [1.54, 1.807) is 12.1 Å². The molecule has 0 unspecified atom stereocenters. The Balaban J connectivity index is 1.75. The van der Waals surface area contributed by atoms with Gasteiger partial charge in [-0.05, 0) is 76.6 Å². The van der Waals surface area contributed by atoms with Crippen LogP contribution in [0.4, 0.5) is 5.69 Å². The summed E-state index contributed by atoms with van der Waals surface area (Å²) in [5.41, 5.74) is 1.81. The van der Waals surface area contributed by atoms with Crippen molar-refractivity contribution in [3.63, 3.8) is 0 Å². The third-order valence-electron chi connectivity index (χ3n) is 4.53. The fourth-order valence-electron chi connectivity index (χ4n) is 2.76. The largest absolute Gasteiger partial charge is 0.497 e. The smallest absolute Gasteiger partial charge is 0.336 e. The van der Waals surface area contributed by atoms with Gasteiger partial charge in [0.05, 0.1) is 22.5 Å². The first-order valence-corrected chi connectivity index (χ1v) is 13.3. The Morgan fingerprint density at radius 2 is 1.54 bits per heavy atom. The fourth-order valence-corrected chi connectivity index (χ4v) is 5.14. The molecule has 35 heavy (non-hydrogen) atoms. The lowest BCUT2D eigenvalue weighted by atomic mass is 10.2. The topological polar surface area (TPSA) is 168 Å². The number of hydrogen-bond acceptors (Lipinski definition) is 7. The van der Waals surface area contributed by atoms with Gasteiger partial charge in [-0.1, -0.05) is 6.07 Å². The highest BCUT2D eigenvalue weighted by molar-refractivity contribution is 9.10. The van der Waals surface area contributed by atoms with Crippen molar-refractivity contribution >= 4 is 53.5 Å². The molecule has 0 saturated heterocycles. The second-order valence-electron chi connectivity index (χ2n) is 6.87. The van der Waals surface area contributed by atoms with Crippen molar-refractivity contribution in [2.45, 2.75) is 9.79 Å². The summed E-state index contributed by atoms with van der Waals surface area (Å²) >= 11 is 3.01. The number of anilines is 1. The molecule has 11 nitrogen and oxygen atoms in total. The molecule has 0 spiro atoms. The Morgan fingerprint density at radius 3 is 2.17 bits per heavy atom. The maximum atomic E-state index is 12.7. The number of hydrogen-bond donors (Lipinski definition) is 4. The minimum Gasteiger partial charge on any atom is -0.497 e. The van der Waals surface area contributed by atoms with Crippen molar-refractivity contribution < 1.29 is 36.3 Å². The van der Waals surface area contributed by atoms with E-state index in [2.05, 4.69) is 20.7 Å². The first kappa shape index (κ1) is 26.2. The lowest BCUT2D eigenvalue weighted by Gasteiger charge is -2.11. The van der Waals surface area contributed by atoms with Crippen LogP contribution < -0.4 is 19.7 Å². The van der Waals surface area contributed by atoms with Gasteiger partial charge in [-0.25, -0.2) is 21.6 Å². The van der Waals surface area contributed by atoms with E-state index in [9.17, 15) is 26.4 Å². The molecule has 0 fully saturated rings. The van der Waals surface area contributed by atoms with Crippen molar-refractivity contribution in [2.75, 3.05) is 11.8 Å². The standard InChI is InChI=1S/C21H18BrN3O8S2/c1-33-15-7-5-14(6-8-15)24-34(29,30)16-4-2-3-13(11-16)20(26)23-25-35(31,32)17-9-10-19(22)18(12-17)21(27)28/h2-12,24-25H,1H3,(H,23,26)(H,27,28). The third-order valence-corrected chi connectivity index (χ3v) is 7.84. The minimum atomic E-state index is -4.33. The number of hydrazine groups is 1. The van der Waals surface area contributed by atoms with Crippen molar-refractivity contribution in [2.24, 2.45) is 0 Å². The number of carboxylic acid groups (broad SMARTS) is 1. The van der Waals surface area contributed by atoms with Gasteiger partial charge in [0.2, 0.25) is 0 Å². The zero-order valence-corrected chi connectivity index (χ0v) is 21.1. The molecule has 1 amide bonds. The van der Waals surface area contributed by atoms with E-state index in [0.29, 0.717) is 5.75 Å². The van der Waals surface area contributed by atoms with Gasteiger partial charge in [0.1, 0.15) is 5.75 Å². The minimum absolute atomic E-state index is 0.146. The summed E-state index contributed by atoms with van der Waals surface area (Å²) in [6.45, 7) is 0. The average Bonchev–Trinajstić information content (AvgIpc) is 2.83. The summed E-state index contributed by atoms with van der Waals surface area (Å²) in [5, 5.41) is 9.16. The SMILES string of the molecule is COc1ccc(NS(=O)(=O)c2cccc(C(=O)NNS(=O)(=O)c3ccc(Br)c(C(=O)O)c3)c2)cc1. The van der Waals surface area contributed by atoms with Gasteiger partial charge in [0, 0.05) is 15.7 Å². The van der Waals surface area contributed by atoms with Gasteiger partial charge in [0.25, 0.3) is 26.0 Å². The van der Waals surface area contributed by atoms with E-state index in [-0.39, 0.29) is 26.2 Å². The quantitative estimate of drug-likeness (QED) is 0.279. The number of methoxy groups -OCH3 is 1. The molecule has 0 atom stereocenters. The highest BCUT2D eigenvalue weighted by atomic mass is 79.9. The van der Waals surface area contributed by atoms with Crippen LogP contribution in [-0.4, -0.2) is 40.9 Å². The van der Waals surface area contributed by atoms with Gasteiger partial charge < -0.3 is 9.84 Å². The van der Waals surface area contributed by atoms with Gasteiger partial charge in [-0.15, -0.1) is 4.83 Å². The second-order valence-corrected chi connectivity index (χ2v) is 11.1. The van der Waals surface area contributed by atoms with E-state index in [4.69, 9.17) is 9.84 Å². The van der Waals surface area contributed by atoms with Crippen molar-refractivity contribution in [1.82, 2.24) is 10.3 Å². The molecule has 0 radical (unpaired) electrons. The van der Waals surface area contributed by atoms with Crippen molar-refractivity contribution in [3.8, 4) is 5.75 Å². The summed E-state index contributed by atoms with van der Waals surface area (Å²) in [5.74, 6) is -1.75.